The van der Waals surface area contributed by atoms with Crippen LogP contribution in [0.15, 0.2) is 35.1 Å². The Morgan fingerprint density at radius 3 is 2.55 bits per heavy atom. The number of ether oxygens (including phenoxy) is 2. The number of hydrogen-bond acceptors (Lipinski definition) is 6. The summed E-state index contributed by atoms with van der Waals surface area (Å²) in [4.78, 5) is 21.8. The molecule has 0 amide bonds. The number of nitriles is 1. The van der Waals surface area contributed by atoms with Gasteiger partial charge in [-0.25, -0.2) is 9.37 Å². The fraction of sp³-hybridized carbons (Fsp3) is 0.286. The molecule has 1 N–H and O–H groups in total. The van der Waals surface area contributed by atoms with Gasteiger partial charge in [0, 0.05) is 18.2 Å². The highest BCUT2D eigenvalue weighted by atomic mass is 19.1. The van der Waals surface area contributed by atoms with Crippen molar-refractivity contribution in [3.05, 3.63) is 63.5 Å². The molecule has 0 atom stereocenters. The van der Waals surface area contributed by atoms with Gasteiger partial charge in [0.1, 0.15) is 11.6 Å². The Labute approximate surface area is 167 Å². The van der Waals surface area contributed by atoms with Crippen molar-refractivity contribution in [3.8, 4) is 17.6 Å². The largest absolute Gasteiger partial charge is 0.493 e. The fourth-order valence-electron chi connectivity index (χ4n) is 3.09. The summed E-state index contributed by atoms with van der Waals surface area (Å²) in [5, 5.41) is 9.43. The molecule has 0 spiro atoms. The maximum Gasteiger partial charge on any atom is 0.258 e. The highest BCUT2D eigenvalue weighted by Gasteiger charge is 2.14. The quantitative estimate of drug-likeness (QED) is 0.660. The fourth-order valence-corrected chi connectivity index (χ4v) is 3.09. The number of benzene rings is 2. The second kappa shape index (κ2) is 8.71. The van der Waals surface area contributed by atoms with Crippen LogP contribution in [0.25, 0.3) is 10.9 Å². The molecule has 7 nitrogen and oxygen atoms in total. The molecule has 0 saturated heterocycles. The molecule has 0 radical (unpaired) electrons. The molecule has 0 fully saturated rings. The number of hydrogen-bond donors (Lipinski definition) is 1. The average molecular weight is 396 g/mol. The lowest BCUT2D eigenvalue weighted by molar-refractivity contribution is 0.260. The van der Waals surface area contributed by atoms with E-state index in [0.29, 0.717) is 52.4 Å². The van der Waals surface area contributed by atoms with Gasteiger partial charge in [0.2, 0.25) is 0 Å². The molecule has 0 unspecified atom stereocenters. The lowest BCUT2D eigenvalue weighted by atomic mass is 10.1. The smallest absolute Gasteiger partial charge is 0.258 e. The first-order valence-electron chi connectivity index (χ1n) is 9.04. The van der Waals surface area contributed by atoms with Gasteiger partial charge >= 0.3 is 0 Å². The minimum atomic E-state index is -0.376. The van der Waals surface area contributed by atoms with Crippen LogP contribution in [-0.2, 0) is 13.1 Å². The van der Waals surface area contributed by atoms with Crippen molar-refractivity contribution in [2.45, 2.75) is 20.0 Å². The summed E-state index contributed by atoms with van der Waals surface area (Å²) in [6.45, 7) is 3.13. The minimum Gasteiger partial charge on any atom is -0.493 e. The summed E-state index contributed by atoms with van der Waals surface area (Å²) in [7, 11) is 3.01. The van der Waals surface area contributed by atoms with E-state index in [9.17, 15) is 9.18 Å². The molecular formula is C21H21FN4O3. The summed E-state index contributed by atoms with van der Waals surface area (Å²) in [6, 6.07) is 9.52. The zero-order valence-corrected chi connectivity index (χ0v) is 16.5. The van der Waals surface area contributed by atoms with E-state index in [2.05, 4.69) is 9.97 Å². The Balaban J connectivity index is 1.92. The molecule has 1 aromatic heterocycles. The van der Waals surface area contributed by atoms with Gasteiger partial charge < -0.3 is 14.5 Å². The van der Waals surface area contributed by atoms with Crippen molar-refractivity contribution in [3.63, 3.8) is 0 Å². The number of halogens is 1. The molecule has 150 valence electrons. The van der Waals surface area contributed by atoms with Crippen molar-refractivity contribution in [2.24, 2.45) is 0 Å². The molecule has 1 heterocycles. The number of aromatic amines is 1. The highest BCUT2D eigenvalue weighted by Crippen LogP contribution is 2.30. The van der Waals surface area contributed by atoms with E-state index in [4.69, 9.17) is 14.7 Å². The number of H-pyrrole nitrogens is 1. The van der Waals surface area contributed by atoms with E-state index < -0.39 is 0 Å². The van der Waals surface area contributed by atoms with Gasteiger partial charge in [0.05, 0.1) is 43.3 Å². The highest BCUT2D eigenvalue weighted by molar-refractivity contribution is 5.81. The first kappa shape index (κ1) is 20.3. The molecule has 8 heteroatoms. The van der Waals surface area contributed by atoms with Crippen LogP contribution in [0.3, 0.4) is 0 Å². The molecule has 29 heavy (non-hydrogen) atoms. The molecule has 0 aliphatic rings. The Kier molecular flexibility index (Phi) is 6.10. The van der Waals surface area contributed by atoms with E-state index in [1.54, 1.807) is 12.1 Å². The summed E-state index contributed by atoms with van der Waals surface area (Å²) in [5.74, 6) is 1.00. The van der Waals surface area contributed by atoms with Gasteiger partial charge in [-0.3, -0.25) is 9.69 Å². The van der Waals surface area contributed by atoms with Gasteiger partial charge in [-0.2, -0.15) is 5.26 Å². The third-order valence-electron chi connectivity index (χ3n) is 4.65. The Morgan fingerprint density at radius 2 is 1.90 bits per heavy atom. The van der Waals surface area contributed by atoms with Crippen molar-refractivity contribution in [1.82, 2.24) is 14.9 Å². The predicted molar refractivity (Wildman–Crippen MR) is 106 cm³/mol. The lowest BCUT2D eigenvalue weighted by Crippen LogP contribution is -2.26. The second-order valence-electron chi connectivity index (χ2n) is 6.46. The topological polar surface area (TPSA) is 91.2 Å². The van der Waals surface area contributed by atoms with E-state index in [0.717, 1.165) is 0 Å². The van der Waals surface area contributed by atoms with E-state index >= 15 is 0 Å². The molecule has 3 aromatic rings. The van der Waals surface area contributed by atoms with Gasteiger partial charge in [0.25, 0.3) is 5.56 Å². The number of nitrogens with one attached hydrogen (secondary N) is 1. The van der Waals surface area contributed by atoms with Gasteiger partial charge in [-0.15, -0.1) is 0 Å². The van der Waals surface area contributed by atoms with Gasteiger partial charge in [-0.1, -0.05) is 6.92 Å². The number of aromatic nitrogens is 2. The number of nitrogens with zero attached hydrogens (tertiary/aromatic N) is 3. The molecular weight excluding hydrogens is 375 g/mol. The number of methoxy groups -OCH3 is 2. The maximum absolute atomic E-state index is 14.1. The van der Waals surface area contributed by atoms with Crippen molar-refractivity contribution in [1.29, 1.82) is 5.26 Å². The molecule has 0 bridgehead atoms. The zero-order chi connectivity index (χ0) is 21.0. The van der Waals surface area contributed by atoms with Gasteiger partial charge in [-0.05, 0) is 30.8 Å². The molecule has 3 rings (SSSR count). The van der Waals surface area contributed by atoms with Crippen LogP contribution in [0.1, 0.15) is 23.9 Å². The van der Waals surface area contributed by atoms with Crippen LogP contribution >= 0.6 is 0 Å². The summed E-state index contributed by atoms with van der Waals surface area (Å²) in [5.41, 5.74) is 1.01. The first-order chi connectivity index (χ1) is 14.0. The van der Waals surface area contributed by atoms with E-state index in [1.165, 1.54) is 32.4 Å². The lowest BCUT2D eigenvalue weighted by Gasteiger charge is -2.20. The van der Waals surface area contributed by atoms with Crippen LogP contribution in [-0.4, -0.2) is 35.6 Å². The van der Waals surface area contributed by atoms with Crippen LogP contribution in [0.5, 0.6) is 11.5 Å². The number of rotatable bonds is 7. The summed E-state index contributed by atoms with van der Waals surface area (Å²) in [6.07, 6.45) is 0. The third kappa shape index (κ3) is 4.36. The van der Waals surface area contributed by atoms with Crippen LogP contribution < -0.4 is 15.0 Å². The molecule has 0 aliphatic carbocycles. The molecule has 0 aliphatic heterocycles. The summed E-state index contributed by atoms with van der Waals surface area (Å²) < 4.78 is 24.7. The van der Waals surface area contributed by atoms with E-state index in [1.807, 2.05) is 17.9 Å². The number of fused-ring (bicyclic) bond motifs is 1. The van der Waals surface area contributed by atoms with E-state index in [-0.39, 0.29) is 17.9 Å². The van der Waals surface area contributed by atoms with Crippen LogP contribution in [0.4, 0.5) is 4.39 Å². The second-order valence-corrected chi connectivity index (χ2v) is 6.46. The van der Waals surface area contributed by atoms with Crippen molar-refractivity contribution in [2.75, 3.05) is 20.8 Å². The Morgan fingerprint density at radius 1 is 1.17 bits per heavy atom. The van der Waals surface area contributed by atoms with Crippen LogP contribution in [0, 0.1) is 17.1 Å². The zero-order valence-electron chi connectivity index (χ0n) is 16.5. The SMILES string of the molecule is CCN(Cc1nc2cc(OC)c(OC)cc2c(=O)[nH]1)Cc1cc(C#N)ccc1F. The predicted octanol–water partition coefficient (Wildman–Crippen LogP) is 2.97. The first-order valence-corrected chi connectivity index (χ1v) is 9.04. The maximum atomic E-state index is 14.1. The monoisotopic (exact) mass is 396 g/mol. The molecule has 2 aromatic carbocycles. The van der Waals surface area contributed by atoms with Crippen molar-refractivity contribution >= 4 is 10.9 Å². The Hall–Kier alpha value is -3.44. The van der Waals surface area contributed by atoms with Crippen LogP contribution in [0.2, 0.25) is 0 Å². The van der Waals surface area contributed by atoms with Gasteiger partial charge in [0.15, 0.2) is 11.5 Å². The third-order valence-corrected chi connectivity index (χ3v) is 4.65. The normalized spacial score (nSPS) is 10.9. The minimum absolute atomic E-state index is 0.283. The Bertz CT molecular complexity index is 1140. The summed E-state index contributed by atoms with van der Waals surface area (Å²) >= 11 is 0. The van der Waals surface area contributed by atoms with Crippen molar-refractivity contribution < 1.29 is 13.9 Å². The average Bonchev–Trinajstić information content (AvgIpc) is 2.73. The standard InChI is InChI=1S/C21H21FN4O3/c1-4-26(11-14-7-13(10-23)5-6-16(14)22)12-20-24-17-9-19(29-3)18(28-2)8-15(17)21(27)25-20/h5-9H,4,11-12H2,1-3H3,(H,24,25,27). The molecule has 0 saturated carbocycles.